The summed E-state index contributed by atoms with van der Waals surface area (Å²) in [5.74, 6) is -0.791. The van der Waals surface area contributed by atoms with E-state index in [1.165, 1.54) is 37.3 Å². The summed E-state index contributed by atoms with van der Waals surface area (Å²) in [6, 6.07) is 10.7. The van der Waals surface area contributed by atoms with Crippen LogP contribution in [0.2, 0.25) is 0 Å². The van der Waals surface area contributed by atoms with Crippen molar-refractivity contribution < 1.29 is 28.6 Å². The molecule has 8 heteroatoms. The zero-order chi connectivity index (χ0) is 21.4. The second kappa shape index (κ2) is 10.1. The highest BCUT2D eigenvalue weighted by atomic mass is 16.5. The fourth-order valence-corrected chi connectivity index (χ4v) is 2.42. The largest absolute Gasteiger partial charge is 0.490 e. The predicted molar refractivity (Wildman–Crippen MR) is 107 cm³/mol. The van der Waals surface area contributed by atoms with Crippen molar-refractivity contribution in [1.82, 2.24) is 0 Å². The van der Waals surface area contributed by atoms with Gasteiger partial charge < -0.3 is 25.3 Å². The minimum Gasteiger partial charge on any atom is -0.490 e. The molecule has 0 aliphatic carbocycles. The lowest BCUT2D eigenvalue weighted by Gasteiger charge is -2.15. The summed E-state index contributed by atoms with van der Waals surface area (Å²) in [4.78, 5) is 35.8. The third-order valence-corrected chi connectivity index (χ3v) is 3.87. The van der Waals surface area contributed by atoms with Gasteiger partial charge in [0.1, 0.15) is 0 Å². The quantitative estimate of drug-likeness (QED) is 0.625. The predicted octanol–water partition coefficient (Wildman–Crippen LogP) is 2.77. The van der Waals surface area contributed by atoms with Crippen LogP contribution in [0.4, 0.5) is 5.69 Å². The number of esters is 1. The Kier molecular flexibility index (Phi) is 7.59. The van der Waals surface area contributed by atoms with E-state index in [4.69, 9.17) is 19.9 Å². The second-order valence-electron chi connectivity index (χ2n) is 6.01. The smallest absolute Gasteiger partial charge is 0.339 e. The van der Waals surface area contributed by atoms with Gasteiger partial charge in [0.15, 0.2) is 17.6 Å². The van der Waals surface area contributed by atoms with Crippen LogP contribution in [0.15, 0.2) is 42.5 Å². The number of hydrogen-bond donors (Lipinski definition) is 2. The van der Waals surface area contributed by atoms with Crippen molar-refractivity contribution in [2.75, 3.05) is 18.5 Å². The van der Waals surface area contributed by atoms with E-state index in [-0.39, 0.29) is 5.56 Å². The molecule has 2 rings (SSSR count). The van der Waals surface area contributed by atoms with Gasteiger partial charge >= 0.3 is 5.97 Å². The Morgan fingerprint density at radius 1 is 0.931 bits per heavy atom. The van der Waals surface area contributed by atoms with Gasteiger partial charge in [-0.25, -0.2) is 4.79 Å². The van der Waals surface area contributed by atoms with Crippen molar-refractivity contribution in [3.63, 3.8) is 0 Å². The van der Waals surface area contributed by atoms with E-state index in [0.717, 1.165) is 0 Å². The molecular weight excluding hydrogens is 376 g/mol. The molecule has 0 aromatic heterocycles. The first-order valence-electron chi connectivity index (χ1n) is 9.17. The summed E-state index contributed by atoms with van der Waals surface area (Å²) in [6.45, 7) is 6.00. The van der Waals surface area contributed by atoms with Gasteiger partial charge in [-0.15, -0.1) is 0 Å². The van der Waals surface area contributed by atoms with Gasteiger partial charge in [-0.1, -0.05) is 0 Å². The number of nitrogens with one attached hydrogen (secondary N) is 1. The third kappa shape index (κ3) is 5.97. The summed E-state index contributed by atoms with van der Waals surface area (Å²) in [7, 11) is 0. The second-order valence-corrected chi connectivity index (χ2v) is 6.01. The molecule has 0 saturated heterocycles. The summed E-state index contributed by atoms with van der Waals surface area (Å²) < 4.78 is 16.2. The maximum atomic E-state index is 12.4. The van der Waals surface area contributed by atoms with Gasteiger partial charge in [0.2, 0.25) is 5.91 Å². The Labute approximate surface area is 168 Å². The van der Waals surface area contributed by atoms with Crippen molar-refractivity contribution in [2.24, 2.45) is 5.73 Å². The first-order chi connectivity index (χ1) is 13.8. The lowest BCUT2D eigenvalue weighted by atomic mass is 10.2. The maximum Gasteiger partial charge on any atom is 0.339 e. The number of anilines is 1. The van der Waals surface area contributed by atoms with E-state index in [0.29, 0.717) is 36.0 Å². The highest BCUT2D eigenvalue weighted by molar-refractivity contribution is 5.98. The van der Waals surface area contributed by atoms with Crippen LogP contribution in [0.3, 0.4) is 0 Å². The van der Waals surface area contributed by atoms with Crippen molar-refractivity contribution in [1.29, 1.82) is 0 Å². The van der Waals surface area contributed by atoms with Crippen LogP contribution in [0.5, 0.6) is 11.5 Å². The Balaban J connectivity index is 2.02. The van der Waals surface area contributed by atoms with Gasteiger partial charge in [-0.2, -0.15) is 0 Å². The highest BCUT2D eigenvalue weighted by Gasteiger charge is 2.20. The number of hydrogen-bond acceptors (Lipinski definition) is 6. The van der Waals surface area contributed by atoms with Crippen LogP contribution < -0.4 is 20.5 Å². The van der Waals surface area contributed by atoms with Gasteiger partial charge in [0.05, 0.1) is 18.8 Å². The number of amides is 2. The molecule has 29 heavy (non-hydrogen) atoms. The summed E-state index contributed by atoms with van der Waals surface area (Å²) in [6.07, 6.45) is -1.04. The van der Waals surface area contributed by atoms with E-state index >= 15 is 0 Å². The number of ether oxygens (including phenoxy) is 3. The Morgan fingerprint density at radius 3 is 2.10 bits per heavy atom. The van der Waals surface area contributed by atoms with Crippen molar-refractivity contribution >= 4 is 23.5 Å². The molecule has 0 fully saturated rings. The van der Waals surface area contributed by atoms with Gasteiger partial charge in [-0.05, 0) is 63.2 Å². The first kappa shape index (κ1) is 21.7. The van der Waals surface area contributed by atoms with Crippen LogP contribution in [0, 0.1) is 0 Å². The zero-order valence-electron chi connectivity index (χ0n) is 16.6. The maximum absolute atomic E-state index is 12.4. The number of benzene rings is 2. The van der Waals surface area contributed by atoms with Crippen molar-refractivity contribution in [3.8, 4) is 11.5 Å². The topological polar surface area (TPSA) is 117 Å². The van der Waals surface area contributed by atoms with Crippen LogP contribution in [-0.4, -0.2) is 37.1 Å². The lowest BCUT2D eigenvalue weighted by Crippen LogP contribution is -2.30. The minimum atomic E-state index is -1.04. The van der Waals surface area contributed by atoms with Crippen LogP contribution in [0.25, 0.3) is 0 Å². The number of nitrogens with two attached hydrogens (primary N) is 1. The molecule has 0 saturated carbocycles. The van der Waals surface area contributed by atoms with Crippen LogP contribution >= 0.6 is 0 Å². The molecule has 0 bridgehead atoms. The molecule has 0 aliphatic rings. The molecule has 0 spiro atoms. The number of primary amides is 1. The van der Waals surface area contributed by atoms with E-state index in [2.05, 4.69) is 5.32 Å². The molecule has 3 N–H and O–H groups in total. The van der Waals surface area contributed by atoms with Gasteiger partial charge in [0, 0.05) is 11.3 Å². The SMILES string of the molecule is CCOc1ccc(C(=O)O[C@@H](C)C(=O)Nc2ccc(C(N)=O)cc2)cc1OCC. The normalized spacial score (nSPS) is 11.3. The molecule has 0 unspecified atom stereocenters. The Hall–Kier alpha value is -3.55. The molecule has 2 aromatic carbocycles. The molecular formula is C21H24N2O6. The summed E-state index contributed by atoms with van der Waals surface area (Å²) in [5.41, 5.74) is 6.19. The van der Waals surface area contributed by atoms with E-state index < -0.39 is 23.9 Å². The zero-order valence-corrected chi connectivity index (χ0v) is 16.6. The van der Waals surface area contributed by atoms with E-state index in [1.807, 2.05) is 13.8 Å². The van der Waals surface area contributed by atoms with E-state index in [9.17, 15) is 14.4 Å². The molecule has 8 nitrogen and oxygen atoms in total. The Morgan fingerprint density at radius 2 is 1.52 bits per heavy atom. The fraction of sp³-hybridized carbons (Fsp3) is 0.286. The molecule has 0 heterocycles. The molecule has 2 aromatic rings. The van der Waals surface area contributed by atoms with Crippen LogP contribution in [0.1, 0.15) is 41.5 Å². The molecule has 1 atom stereocenters. The lowest BCUT2D eigenvalue weighted by molar-refractivity contribution is -0.123. The molecule has 0 aliphatic heterocycles. The number of rotatable bonds is 9. The Bertz CT molecular complexity index is 879. The molecule has 0 radical (unpaired) electrons. The summed E-state index contributed by atoms with van der Waals surface area (Å²) >= 11 is 0. The molecule has 154 valence electrons. The average molecular weight is 400 g/mol. The van der Waals surface area contributed by atoms with Gasteiger partial charge in [0.25, 0.3) is 5.91 Å². The average Bonchev–Trinajstić information content (AvgIpc) is 2.69. The van der Waals surface area contributed by atoms with Gasteiger partial charge in [-0.3, -0.25) is 9.59 Å². The standard InChI is InChI=1S/C21H24N2O6/c1-4-27-17-11-8-15(12-18(17)28-5-2)21(26)29-13(3)20(25)23-16-9-6-14(7-10-16)19(22)24/h6-13H,4-5H2,1-3H3,(H2,22,24)(H,23,25)/t13-/m0/s1. The van der Waals surface area contributed by atoms with E-state index in [1.54, 1.807) is 12.1 Å². The number of carbonyl (C=O) groups excluding carboxylic acids is 3. The highest BCUT2D eigenvalue weighted by Crippen LogP contribution is 2.29. The van der Waals surface area contributed by atoms with Crippen molar-refractivity contribution in [3.05, 3.63) is 53.6 Å². The monoisotopic (exact) mass is 400 g/mol. The third-order valence-electron chi connectivity index (χ3n) is 3.87. The minimum absolute atomic E-state index is 0.238. The fourth-order valence-electron chi connectivity index (χ4n) is 2.42. The summed E-state index contributed by atoms with van der Waals surface area (Å²) in [5, 5.41) is 2.61. The van der Waals surface area contributed by atoms with Crippen molar-refractivity contribution in [2.45, 2.75) is 26.9 Å². The number of carbonyl (C=O) groups is 3. The van der Waals surface area contributed by atoms with Crippen LogP contribution in [-0.2, 0) is 9.53 Å². The molecule has 2 amide bonds. The first-order valence-corrected chi connectivity index (χ1v) is 9.17.